The van der Waals surface area contributed by atoms with E-state index in [1.807, 2.05) is 6.92 Å². The molecule has 1 heterocycles. The third-order valence-electron chi connectivity index (χ3n) is 3.09. The van der Waals surface area contributed by atoms with Crippen molar-refractivity contribution in [1.29, 1.82) is 0 Å². The molecular formula is C15H11Cl2FN2. The molecule has 5 heteroatoms. The molecule has 2 nitrogen and oxygen atoms in total. The lowest BCUT2D eigenvalue weighted by molar-refractivity contribution is 0.616. The van der Waals surface area contributed by atoms with Crippen LogP contribution in [0.5, 0.6) is 0 Å². The number of nitrogens with zero attached hydrogens (tertiary/aromatic N) is 2. The molecule has 102 valence electrons. The zero-order valence-corrected chi connectivity index (χ0v) is 12.2. The predicted molar refractivity (Wildman–Crippen MR) is 80.3 cm³/mol. The molecule has 0 saturated heterocycles. The van der Waals surface area contributed by atoms with E-state index in [1.54, 1.807) is 41.0 Å². The fraction of sp³-hybridized carbons (Fsp3) is 0.133. The number of benzene rings is 2. The number of halogens is 3. The summed E-state index contributed by atoms with van der Waals surface area (Å²) in [6, 6.07) is 11.9. The SMILES string of the molecule is CC(Cl)c1nc2ccc(Cl)cc2n1-c1ccccc1F. The summed E-state index contributed by atoms with van der Waals surface area (Å²) in [4.78, 5) is 4.48. The molecular weight excluding hydrogens is 298 g/mol. The second-order valence-corrected chi connectivity index (χ2v) is 5.60. The van der Waals surface area contributed by atoms with Crippen molar-refractivity contribution < 1.29 is 4.39 Å². The smallest absolute Gasteiger partial charge is 0.147 e. The summed E-state index contributed by atoms with van der Waals surface area (Å²) in [6.07, 6.45) is 0. The van der Waals surface area contributed by atoms with Gasteiger partial charge in [0.1, 0.15) is 11.6 Å². The highest BCUT2D eigenvalue weighted by molar-refractivity contribution is 6.31. The van der Waals surface area contributed by atoms with E-state index < -0.39 is 0 Å². The molecule has 1 aromatic heterocycles. The van der Waals surface area contributed by atoms with Crippen molar-refractivity contribution in [2.45, 2.75) is 12.3 Å². The Kier molecular flexibility index (Phi) is 3.40. The number of para-hydroxylation sites is 1. The minimum absolute atomic E-state index is 0.328. The van der Waals surface area contributed by atoms with Crippen LogP contribution >= 0.6 is 23.2 Å². The van der Waals surface area contributed by atoms with Crippen LogP contribution in [0.25, 0.3) is 16.7 Å². The summed E-state index contributed by atoms with van der Waals surface area (Å²) in [5, 5.41) is 0.226. The van der Waals surface area contributed by atoms with Crippen LogP contribution in [0.3, 0.4) is 0 Å². The first kappa shape index (κ1) is 13.4. The molecule has 20 heavy (non-hydrogen) atoms. The lowest BCUT2D eigenvalue weighted by Crippen LogP contribution is -2.04. The maximum atomic E-state index is 14.1. The van der Waals surface area contributed by atoms with Gasteiger partial charge in [-0.25, -0.2) is 9.37 Å². The third-order valence-corrected chi connectivity index (χ3v) is 3.52. The topological polar surface area (TPSA) is 17.8 Å². The second kappa shape index (κ2) is 5.08. The maximum Gasteiger partial charge on any atom is 0.147 e. The van der Waals surface area contributed by atoms with Crippen LogP contribution in [0.4, 0.5) is 4.39 Å². The van der Waals surface area contributed by atoms with Gasteiger partial charge in [-0.05, 0) is 37.3 Å². The minimum Gasteiger partial charge on any atom is -0.292 e. The molecule has 0 N–H and O–H groups in total. The summed E-state index contributed by atoms with van der Waals surface area (Å²) in [7, 11) is 0. The normalized spacial score (nSPS) is 12.8. The second-order valence-electron chi connectivity index (χ2n) is 4.51. The van der Waals surface area contributed by atoms with Crippen molar-refractivity contribution in [3.05, 3.63) is 59.1 Å². The van der Waals surface area contributed by atoms with Gasteiger partial charge in [0.15, 0.2) is 0 Å². The Morgan fingerprint density at radius 1 is 1.20 bits per heavy atom. The Balaban J connectivity index is 2.40. The summed E-state index contributed by atoms with van der Waals surface area (Å²) >= 11 is 12.2. The standard InChI is InChI=1S/C15H11Cl2FN2/c1-9(16)15-19-12-7-6-10(17)8-14(12)20(15)13-5-3-2-4-11(13)18/h2-9H,1H3. The van der Waals surface area contributed by atoms with Gasteiger partial charge in [0, 0.05) is 5.02 Å². The van der Waals surface area contributed by atoms with Gasteiger partial charge in [-0.2, -0.15) is 0 Å². The monoisotopic (exact) mass is 308 g/mol. The number of fused-ring (bicyclic) bond motifs is 1. The van der Waals surface area contributed by atoms with Gasteiger partial charge in [-0.1, -0.05) is 23.7 Å². The molecule has 1 unspecified atom stereocenters. The van der Waals surface area contributed by atoms with Crippen LogP contribution in [0.2, 0.25) is 5.02 Å². The highest BCUT2D eigenvalue weighted by Gasteiger charge is 2.18. The average molecular weight is 309 g/mol. The molecule has 0 aliphatic carbocycles. The van der Waals surface area contributed by atoms with Crippen LogP contribution in [-0.2, 0) is 0 Å². The van der Waals surface area contributed by atoms with Crippen LogP contribution in [0.15, 0.2) is 42.5 Å². The largest absolute Gasteiger partial charge is 0.292 e. The highest BCUT2D eigenvalue weighted by atomic mass is 35.5. The predicted octanol–water partition coefficient (Wildman–Crippen LogP) is 5.12. The zero-order chi connectivity index (χ0) is 14.3. The maximum absolute atomic E-state index is 14.1. The third kappa shape index (κ3) is 2.17. The number of hydrogen-bond donors (Lipinski definition) is 0. The molecule has 0 aliphatic heterocycles. The van der Waals surface area contributed by atoms with E-state index in [9.17, 15) is 4.39 Å². The van der Waals surface area contributed by atoms with E-state index in [4.69, 9.17) is 23.2 Å². The Hall–Kier alpha value is -1.58. The molecule has 0 saturated carbocycles. The molecule has 0 aliphatic rings. The van der Waals surface area contributed by atoms with Gasteiger partial charge in [0.25, 0.3) is 0 Å². The van der Waals surface area contributed by atoms with E-state index in [-0.39, 0.29) is 11.2 Å². The first-order valence-electron chi connectivity index (χ1n) is 6.15. The Morgan fingerprint density at radius 2 is 1.95 bits per heavy atom. The highest BCUT2D eigenvalue weighted by Crippen LogP contribution is 2.30. The van der Waals surface area contributed by atoms with Gasteiger partial charge in [-0.15, -0.1) is 11.6 Å². The van der Waals surface area contributed by atoms with Crippen molar-refractivity contribution in [3.8, 4) is 5.69 Å². The van der Waals surface area contributed by atoms with E-state index in [0.29, 0.717) is 16.5 Å². The van der Waals surface area contributed by atoms with Crippen molar-refractivity contribution in [1.82, 2.24) is 9.55 Å². The number of hydrogen-bond acceptors (Lipinski definition) is 1. The molecule has 1 atom stereocenters. The van der Waals surface area contributed by atoms with Gasteiger partial charge in [0.2, 0.25) is 0 Å². The molecule has 3 rings (SSSR count). The van der Waals surface area contributed by atoms with Gasteiger partial charge < -0.3 is 0 Å². The molecule has 3 aromatic rings. The van der Waals surface area contributed by atoms with E-state index in [1.165, 1.54) is 6.07 Å². The lowest BCUT2D eigenvalue weighted by atomic mass is 10.2. The Labute approximate surface area is 125 Å². The molecule has 0 radical (unpaired) electrons. The number of imidazole rings is 1. The summed E-state index contributed by atoms with van der Waals surface area (Å²) in [5.41, 5.74) is 1.89. The Bertz CT molecular complexity index is 781. The van der Waals surface area contributed by atoms with Gasteiger partial charge >= 0.3 is 0 Å². The van der Waals surface area contributed by atoms with Gasteiger partial charge in [0.05, 0.1) is 22.1 Å². The molecule has 0 spiro atoms. The number of alkyl halides is 1. The number of aromatic nitrogens is 2. The molecule has 0 fully saturated rings. The summed E-state index contributed by atoms with van der Waals surface area (Å²) in [5.74, 6) is 0.263. The van der Waals surface area contributed by atoms with Crippen LogP contribution in [-0.4, -0.2) is 9.55 Å². The summed E-state index contributed by atoms with van der Waals surface area (Å²) in [6.45, 7) is 1.81. The Morgan fingerprint density at radius 3 is 2.65 bits per heavy atom. The zero-order valence-electron chi connectivity index (χ0n) is 10.6. The van der Waals surface area contributed by atoms with E-state index >= 15 is 0 Å². The summed E-state index contributed by atoms with van der Waals surface area (Å²) < 4.78 is 15.8. The first-order chi connectivity index (χ1) is 9.58. The van der Waals surface area contributed by atoms with Crippen molar-refractivity contribution in [2.24, 2.45) is 0 Å². The van der Waals surface area contributed by atoms with Crippen molar-refractivity contribution in [3.63, 3.8) is 0 Å². The van der Waals surface area contributed by atoms with Crippen LogP contribution < -0.4 is 0 Å². The average Bonchev–Trinajstić information content (AvgIpc) is 2.78. The van der Waals surface area contributed by atoms with Crippen LogP contribution in [0.1, 0.15) is 18.1 Å². The first-order valence-corrected chi connectivity index (χ1v) is 6.96. The number of rotatable bonds is 2. The fourth-order valence-electron chi connectivity index (χ4n) is 2.22. The lowest BCUT2D eigenvalue weighted by Gasteiger charge is -2.11. The molecule has 0 amide bonds. The fourth-order valence-corrected chi connectivity index (χ4v) is 2.53. The van der Waals surface area contributed by atoms with E-state index in [2.05, 4.69) is 4.98 Å². The van der Waals surface area contributed by atoms with Gasteiger partial charge in [-0.3, -0.25) is 4.57 Å². The van der Waals surface area contributed by atoms with Crippen molar-refractivity contribution in [2.75, 3.05) is 0 Å². The molecule has 2 aromatic carbocycles. The quantitative estimate of drug-likeness (QED) is 0.601. The molecule has 0 bridgehead atoms. The van der Waals surface area contributed by atoms with E-state index in [0.717, 1.165) is 11.0 Å². The van der Waals surface area contributed by atoms with Crippen LogP contribution in [0, 0.1) is 5.82 Å². The van der Waals surface area contributed by atoms with Crippen molar-refractivity contribution >= 4 is 34.2 Å². The minimum atomic E-state index is -0.346.